The van der Waals surface area contributed by atoms with E-state index in [1.165, 1.54) is 0 Å². The minimum Gasteiger partial charge on any atom is -0.328 e. The first-order valence-corrected chi connectivity index (χ1v) is 4.19. The number of halogens is 3. The monoisotopic (exact) mass is 223 g/mol. The molecule has 1 aromatic rings. The molecular formula is C9H12Cl2FN. The average Bonchev–Trinajstić information content (AvgIpc) is 2.09. The van der Waals surface area contributed by atoms with Gasteiger partial charge >= 0.3 is 0 Å². The topological polar surface area (TPSA) is 26.0 Å². The number of benzene rings is 1. The molecule has 2 N–H and O–H groups in total. The third-order valence-electron chi connectivity index (χ3n) is 1.65. The van der Waals surface area contributed by atoms with Gasteiger partial charge in [-0.25, -0.2) is 4.39 Å². The lowest BCUT2D eigenvalue weighted by Gasteiger charge is -2.06. The van der Waals surface area contributed by atoms with Crippen LogP contribution in [0.2, 0.25) is 5.02 Å². The second-order valence-electron chi connectivity index (χ2n) is 2.63. The van der Waals surface area contributed by atoms with Crippen LogP contribution in [0.1, 0.15) is 5.56 Å². The molecule has 0 unspecified atom stereocenters. The van der Waals surface area contributed by atoms with E-state index in [0.29, 0.717) is 11.4 Å². The van der Waals surface area contributed by atoms with Crippen LogP contribution in [0, 0.1) is 0 Å². The van der Waals surface area contributed by atoms with Crippen molar-refractivity contribution in [2.45, 2.75) is 12.6 Å². The zero-order valence-electron chi connectivity index (χ0n) is 7.04. The second kappa shape index (κ2) is 6.19. The molecule has 0 amide bonds. The van der Waals surface area contributed by atoms with Gasteiger partial charge in [-0.1, -0.05) is 29.8 Å². The van der Waals surface area contributed by atoms with Crippen LogP contribution in [-0.4, -0.2) is 12.7 Å². The predicted octanol–water partition coefficient (Wildman–Crippen LogP) is 2.60. The van der Waals surface area contributed by atoms with Crippen LogP contribution in [0.5, 0.6) is 0 Å². The molecule has 1 nitrogen and oxygen atoms in total. The largest absolute Gasteiger partial charge is 0.328 e. The summed E-state index contributed by atoms with van der Waals surface area (Å²) in [6, 6.07) is 7.22. The van der Waals surface area contributed by atoms with Crippen LogP contribution >= 0.6 is 24.0 Å². The van der Waals surface area contributed by atoms with Crippen molar-refractivity contribution in [2.75, 3.05) is 6.54 Å². The maximum atomic E-state index is 12.8. The summed E-state index contributed by atoms with van der Waals surface area (Å²) in [4.78, 5) is 0. The Morgan fingerprint density at radius 2 is 2.00 bits per heavy atom. The Hall–Kier alpha value is -0.310. The SMILES string of the molecule is Cl.NC[C@@H](F)Cc1ccccc1Cl. The van der Waals surface area contributed by atoms with Gasteiger partial charge in [-0.3, -0.25) is 0 Å². The highest BCUT2D eigenvalue weighted by molar-refractivity contribution is 6.31. The van der Waals surface area contributed by atoms with Crippen molar-refractivity contribution in [3.05, 3.63) is 34.9 Å². The van der Waals surface area contributed by atoms with E-state index in [9.17, 15) is 4.39 Å². The molecule has 1 aromatic carbocycles. The summed E-state index contributed by atoms with van der Waals surface area (Å²) in [5, 5.41) is 0.605. The quantitative estimate of drug-likeness (QED) is 0.838. The lowest BCUT2D eigenvalue weighted by molar-refractivity contribution is 0.340. The number of hydrogen-bond acceptors (Lipinski definition) is 1. The molecule has 1 atom stereocenters. The van der Waals surface area contributed by atoms with Gasteiger partial charge in [0.2, 0.25) is 0 Å². The van der Waals surface area contributed by atoms with Crippen LogP contribution in [0.3, 0.4) is 0 Å². The van der Waals surface area contributed by atoms with Gasteiger partial charge in [0.1, 0.15) is 6.17 Å². The smallest absolute Gasteiger partial charge is 0.116 e. The molecule has 0 saturated heterocycles. The van der Waals surface area contributed by atoms with Crippen molar-refractivity contribution in [1.29, 1.82) is 0 Å². The average molecular weight is 224 g/mol. The first-order chi connectivity index (χ1) is 5.74. The summed E-state index contributed by atoms with van der Waals surface area (Å²) >= 11 is 5.82. The van der Waals surface area contributed by atoms with Crippen LogP contribution in [0.4, 0.5) is 4.39 Å². The van der Waals surface area contributed by atoms with Crippen LogP contribution in [0.15, 0.2) is 24.3 Å². The highest BCUT2D eigenvalue weighted by atomic mass is 35.5. The van der Waals surface area contributed by atoms with E-state index in [2.05, 4.69) is 0 Å². The van der Waals surface area contributed by atoms with E-state index >= 15 is 0 Å². The number of alkyl halides is 1. The summed E-state index contributed by atoms with van der Waals surface area (Å²) in [5.41, 5.74) is 5.97. The molecule has 0 heterocycles. The van der Waals surface area contributed by atoms with Crippen molar-refractivity contribution in [3.8, 4) is 0 Å². The van der Waals surface area contributed by atoms with E-state index in [-0.39, 0.29) is 19.0 Å². The van der Waals surface area contributed by atoms with Gasteiger partial charge < -0.3 is 5.73 Å². The van der Waals surface area contributed by atoms with Gasteiger partial charge in [0.05, 0.1) is 0 Å². The van der Waals surface area contributed by atoms with Crippen LogP contribution < -0.4 is 5.73 Å². The van der Waals surface area contributed by atoms with Crippen molar-refractivity contribution >= 4 is 24.0 Å². The van der Waals surface area contributed by atoms with Gasteiger partial charge in [0.15, 0.2) is 0 Å². The van der Waals surface area contributed by atoms with Crippen LogP contribution in [-0.2, 0) is 6.42 Å². The van der Waals surface area contributed by atoms with E-state index in [1.54, 1.807) is 6.07 Å². The third kappa shape index (κ3) is 3.94. The maximum Gasteiger partial charge on any atom is 0.116 e. The van der Waals surface area contributed by atoms with E-state index in [1.807, 2.05) is 18.2 Å². The maximum absolute atomic E-state index is 12.8. The Balaban J connectivity index is 0.00000144. The number of rotatable bonds is 3. The summed E-state index contributed by atoms with van der Waals surface area (Å²) in [7, 11) is 0. The Morgan fingerprint density at radius 1 is 1.38 bits per heavy atom. The van der Waals surface area contributed by atoms with Gasteiger partial charge in [-0.05, 0) is 11.6 Å². The number of nitrogens with two attached hydrogens (primary N) is 1. The lowest BCUT2D eigenvalue weighted by Crippen LogP contribution is -2.17. The Labute approximate surface area is 88.5 Å². The molecule has 0 aromatic heterocycles. The first-order valence-electron chi connectivity index (χ1n) is 3.81. The predicted molar refractivity (Wildman–Crippen MR) is 56.4 cm³/mol. The minimum absolute atomic E-state index is 0. The van der Waals surface area contributed by atoms with E-state index in [0.717, 1.165) is 5.56 Å². The van der Waals surface area contributed by atoms with Crippen molar-refractivity contribution in [1.82, 2.24) is 0 Å². The van der Waals surface area contributed by atoms with Gasteiger partial charge in [-0.2, -0.15) is 0 Å². The molecule has 0 radical (unpaired) electrons. The fourth-order valence-electron chi connectivity index (χ4n) is 0.986. The van der Waals surface area contributed by atoms with Crippen molar-refractivity contribution in [3.63, 3.8) is 0 Å². The van der Waals surface area contributed by atoms with Crippen molar-refractivity contribution in [2.24, 2.45) is 5.73 Å². The highest BCUT2D eigenvalue weighted by Crippen LogP contribution is 2.17. The lowest BCUT2D eigenvalue weighted by atomic mass is 10.1. The molecule has 74 valence electrons. The Kier molecular flexibility index (Phi) is 6.04. The molecule has 1 rings (SSSR count). The molecule has 4 heteroatoms. The van der Waals surface area contributed by atoms with E-state index in [4.69, 9.17) is 17.3 Å². The molecule has 0 bridgehead atoms. The molecular weight excluding hydrogens is 212 g/mol. The van der Waals surface area contributed by atoms with Gasteiger partial charge in [0, 0.05) is 18.0 Å². The molecule has 0 aliphatic carbocycles. The fourth-order valence-corrected chi connectivity index (χ4v) is 1.20. The zero-order chi connectivity index (χ0) is 8.97. The minimum atomic E-state index is -0.995. The zero-order valence-corrected chi connectivity index (χ0v) is 8.61. The molecule has 0 aliphatic rings. The molecule has 0 aliphatic heterocycles. The normalized spacial score (nSPS) is 11.9. The number of hydrogen-bond donors (Lipinski definition) is 1. The molecule has 0 saturated carbocycles. The summed E-state index contributed by atoms with van der Waals surface area (Å²) in [6.45, 7) is 0.0468. The summed E-state index contributed by atoms with van der Waals surface area (Å²) in [6.07, 6.45) is -0.694. The summed E-state index contributed by atoms with van der Waals surface area (Å²) in [5.74, 6) is 0. The van der Waals surface area contributed by atoms with Gasteiger partial charge in [-0.15, -0.1) is 12.4 Å². The standard InChI is InChI=1S/C9H11ClFN.ClH/c10-9-4-2-1-3-7(9)5-8(11)6-12;/h1-4,8H,5-6,12H2;1H/t8-;/m0./s1. The fraction of sp³-hybridized carbons (Fsp3) is 0.333. The Morgan fingerprint density at radius 3 is 2.54 bits per heavy atom. The van der Waals surface area contributed by atoms with Gasteiger partial charge in [0.25, 0.3) is 0 Å². The van der Waals surface area contributed by atoms with Crippen molar-refractivity contribution < 1.29 is 4.39 Å². The van der Waals surface area contributed by atoms with Crippen LogP contribution in [0.25, 0.3) is 0 Å². The first kappa shape index (κ1) is 12.7. The molecule has 0 spiro atoms. The molecule has 0 fully saturated rings. The Bertz CT molecular complexity index is 255. The highest BCUT2D eigenvalue weighted by Gasteiger charge is 2.06. The third-order valence-corrected chi connectivity index (χ3v) is 2.02. The second-order valence-corrected chi connectivity index (χ2v) is 3.04. The molecule has 13 heavy (non-hydrogen) atoms. The summed E-state index contributed by atoms with van der Waals surface area (Å²) < 4.78 is 12.8. The van der Waals surface area contributed by atoms with E-state index < -0.39 is 6.17 Å².